The summed E-state index contributed by atoms with van der Waals surface area (Å²) in [4.78, 5) is 15.5. The average molecular weight is 206 g/mol. The van der Waals surface area contributed by atoms with Gasteiger partial charge in [-0.2, -0.15) is 15.2 Å². The summed E-state index contributed by atoms with van der Waals surface area (Å²) in [5.74, 6) is 0.0700. The highest BCUT2D eigenvalue weighted by molar-refractivity contribution is 6.03. The van der Waals surface area contributed by atoms with Crippen LogP contribution in [-0.4, -0.2) is 30.9 Å². The van der Waals surface area contributed by atoms with Crippen LogP contribution in [-0.2, 0) is 7.05 Å². The van der Waals surface area contributed by atoms with E-state index in [1.165, 1.54) is 12.5 Å². The number of nitrogens with zero attached hydrogens (tertiary/aromatic N) is 4. The number of aromatic amines is 1. The number of anilines is 1. The lowest BCUT2D eigenvalue weighted by Crippen LogP contribution is -2.13. The van der Waals surface area contributed by atoms with Gasteiger partial charge < -0.3 is 0 Å². The number of amides is 1. The van der Waals surface area contributed by atoms with Crippen molar-refractivity contribution in [2.45, 2.75) is 6.92 Å². The van der Waals surface area contributed by atoms with Gasteiger partial charge in [0.15, 0.2) is 0 Å². The number of hydrogen-bond donors (Lipinski definition) is 2. The molecule has 2 aromatic heterocycles. The summed E-state index contributed by atoms with van der Waals surface area (Å²) in [7, 11) is 1.78. The van der Waals surface area contributed by atoms with E-state index in [2.05, 4.69) is 25.6 Å². The first kappa shape index (κ1) is 9.38. The van der Waals surface area contributed by atoms with Crippen LogP contribution in [0.4, 0.5) is 5.95 Å². The van der Waals surface area contributed by atoms with Crippen molar-refractivity contribution in [2.75, 3.05) is 5.32 Å². The number of nitrogens with one attached hydrogen (secondary N) is 2. The molecule has 0 aromatic carbocycles. The predicted molar refractivity (Wildman–Crippen MR) is 52.3 cm³/mol. The van der Waals surface area contributed by atoms with E-state index in [1.54, 1.807) is 11.7 Å². The zero-order valence-corrected chi connectivity index (χ0v) is 8.35. The molecule has 7 heteroatoms. The normalized spacial score (nSPS) is 10.3. The minimum atomic E-state index is -0.252. The third-order valence-corrected chi connectivity index (χ3v) is 2.13. The van der Waals surface area contributed by atoms with Gasteiger partial charge in [-0.3, -0.25) is 14.8 Å². The molecular weight excluding hydrogens is 196 g/mol. The Hall–Kier alpha value is -2.18. The molecule has 0 aliphatic heterocycles. The van der Waals surface area contributed by atoms with Gasteiger partial charge in [0.05, 0.1) is 11.8 Å². The van der Waals surface area contributed by atoms with Crippen molar-refractivity contribution in [1.82, 2.24) is 25.0 Å². The molecule has 2 aromatic rings. The maximum absolute atomic E-state index is 11.7. The molecule has 2 N–H and O–H groups in total. The maximum atomic E-state index is 11.7. The molecule has 78 valence electrons. The van der Waals surface area contributed by atoms with Gasteiger partial charge in [0, 0.05) is 12.7 Å². The Balaban J connectivity index is 2.19. The second-order valence-corrected chi connectivity index (χ2v) is 3.06. The van der Waals surface area contributed by atoms with Crippen LogP contribution >= 0.6 is 0 Å². The van der Waals surface area contributed by atoms with Gasteiger partial charge in [-0.25, -0.2) is 5.10 Å². The average Bonchev–Trinajstić information content (AvgIpc) is 2.79. The van der Waals surface area contributed by atoms with Crippen molar-refractivity contribution >= 4 is 11.9 Å². The number of H-pyrrole nitrogens is 1. The molecular formula is C8H10N6O. The van der Waals surface area contributed by atoms with Crippen molar-refractivity contribution < 1.29 is 4.79 Å². The zero-order chi connectivity index (χ0) is 10.8. The number of aromatic nitrogens is 5. The van der Waals surface area contributed by atoms with Crippen LogP contribution < -0.4 is 5.32 Å². The van der Waals surface area contributed by atoms with E-state index in [0.29, 0.717) is 11.5 Å². The van der Waals surface area contributed by atoms with Crippen molar-refractivity contribution in [2.24, 2.45) is 7.05 Å². The Kier molecular flexibility index (Phi) is 2.20. The van der Waals surface area contributed by atoms with E-state index in [1.807, 2.05) is 6.92 Å². The highest BCUT2D eigenvalue weighted by Gasteiger charge is 2.13. The van der Waals surface area contributed by atoms with Gasteiger partial charge in [-0.05, 0) is 6.92 Å². The second kappa shape index (κ2) is 3.52. The number of carbonyl (C=O) groups is 1. The fraction of sp³-hybridized carbons (Fsp3) is 0.250. The molecule has 1 amide bonds. The summed E-state index contributed by atoms with van der Waals surface area (Å²) in [6, 6.07) is 0. The Morgan fingerprint density at radius 3 is 2.93 bits per heavy atom. The lowest BCUT2D eigenvalue weighted by molar-refractivity contribution is 0.102. The molecule has 0 unspecified atom stereocenters. The number of hydrogen-bond acceptors (Lipinski definition) is 4. The summed E-state index contributed by atoms with van der Waals surface area (Å²) in [5.41, 5.74) is 1.32. The van der Waals surface area contributed by atoms with Gasteiger partial charge in [-0.15, -0.1) is 0 Å². The third kappa shape index (κ3) is 1.71. The van der Waals surface area contributed by atoms with Crippen molar-refractivity contribution in [3.63, 3.8) is 0 Å². The largest absolute Gasteiger partial charge is 0.291 e. The summed E-state index contributed by atoms with van der Waals surface area (Å²) < 4.78 is 1.63. The van der Waals surface area contributed by atoms with Crippen LogP contribution in [0.2, 0.25) is 0 Å². The smallest absolute Gasteiger partial charge is 0.261 e. The topological polar surface area (TPSA) is 88.5 Å². The molecule has 7 nitrogen and oxygen atoms in total. The Morgan fingerprint density at radius 2 is 2.40 bits per heavy atom. The molecule has 0 radical (unpaired) electrons. The molecule has 0 fully saturated rings. The minimum absolute atomic E-state index is 0.252. The molecule has 0 spiro atoms. The fourth-order valence-electron chi connectivity index (χ4n) is 1.16. The summed E-state index contributed by atoms with van der Waals surface area (Å²) in [6.45, 7) is 1.82. The van der Waals surface area contributed by atoms with Gasteiger partial charge in [-0.1, -0.05) is 0 Å². The van der Waals surface area contributed by atoms with Crippen LogP contribution in [0.25, 0.3) is 0 Å². The van der Waals surface area contributed by atoms with E-state index in [0.717, 1.165) is 5.69 Å². The van der Waals surface area contributed by atoms with Crippen molar-refractivity contribution in [3.05, 3.63) is 23.8 Å². The van der Waals surface area contributed by atoms with Gasteiger partial charge in [0.1, 0.15) is 6.33 Å². The molecule has 2 rings (SSSR count). The molecule has 0 atom stereocenters. The van der Waals surface area contributed by atoms with E-state index in [9.17, 15) is 4.79 Å². The lowest BCUT2D eigenvalue weighted by Gasteiger charge is -2.00. The predicted octanol–water partition coefficient (Wildman–Crippen LogP) is 0.0989. The molecule has 0 aliphatic rings. The summed E-state index contributed by atoms with van der Waals surface area (Å²) >= 11 is 0. The first-order valence-electron chi connectivity index (χ1n) is 4.34. The lowest BCUT2D eigenvalue weighted by atomic mass is 10.2. The van der Waals surface area contributed by atoms with Crippen molar-refractivity contribution in [3.8, 4) is 0 Å². The van der Waals surface area contributed by atoms with Gasteiger partial charge >= 0.3 is 0 Å². The van der Waals surface area contributed by atoms with Crippen molar-refractivity contribution in [1.29, 1.82) is 0 Å². The van der Waals surface area contributed by atoms with Crippen LogP contribution in [0.1, 0.15) is 16.1 Å². The summed E-state index contributed by atoms with van der Waals surface area (Å²) in [6.07, 6.45) is 2.84. The zero-order valence-electron chi connectivity index (χ0n) is 8.35. The highest BCUT2D eigenvalue weighted by Crippen LogP contribution is 2.07. The number of carbonyl (C=O) groups excluding carboxylic acids is 1. The molecule has 0 aliphatic carbocycles. The van der Waals surface area contributed by atoms with Gasteiger partial charge in [0.25, 0.3) is 5.91 Å². The molecule has 0 saturated carbocycles. The van der Waals surface area contributed by atoms with Crippen LogP contribution in [0, 0.1) is 6.92 Å². The Morgan fingerprint density at radius 1 is 1.60 bits per heavy atom. The summed E-state index contributed by atoms with van der Waals surface area (Å²) in [5, 5.41) is 12.7. The maximum Gasteiger partial charge on any atom is 0.261 e. The molecule has 2 heterocycles. The van der Waals surface area contributed by atoms with Crippen LogP contribution in [0.15, 0.2) is 12.5 Å². The SMILES string of the molecule is Cc1c(C(=O)Nc2ncn[nH]2)cnn1C. The second-order valence-electron chi connectivity index (χ2n) is 3.06. The first-order chi connectivity index (χ1) is 7.18. The van der Waals surface area contributed by atoms with Gasteiger partial charge in [0.2, 0.25) is 5.95 Å². The van der Waals surface area contributed by atoms with Crippen LogP contribution in [0.3, 0.4) is 0 Å². The van der Waals surface area contributed by atoms with E-state index < -0.39 is 0 Å². The molecule has 0 saturated heterocycles. The highest BCUT2D eigenvalue weighted by atomic mass is 16.1. The number of rotatable bonds is 2. The quantitative estimate of drug-likeness (QED) is 0.729. The Labute approximate surface area is 85.5 Å². The third-order valence-electron chi connectivity index (χ3n) is 2.13. The van der Waals surface area contributed by atoms with E-state index >= 15 is 0 Å². The van der Waals surface area contributed by atoms with E-state index in [-0.39, 0.29) is 5.91 Å². The van der Waals surface area contributed by atoms with Crippen LogP contribution in [0.5, 0.6) is 0 Å². The minimum Gasteiger partial charge on any atom is -0.291 e. The monoisotopic (exact) mass is 206 g/mol. The Bertz CT molecular complexity index is 471. The molecule has 0 bridgehead atoms. The standard InChI is InChI=1S/C8H10N6O/c1-5-6(3-11-14(5)2)7(15)12-8-9-4-10-13-8/h3-4H,1-2H3,(H2,9,10,12,13,15). The fourth-order valence-corrected chi connectivity index (χ4v) is 1.16. The van der Waals surface area contributed by atoms with E-state index in [4.69, 9.17) is 0 Å². The first-order valence-corrected chi connectivity index (χ1v) is 4.34. The molecule has 15 heavy (non-hydrogen) atoms. The number of aryl methyl sites for hydroxylation is 1.